The Morgan fingerprint density at radius 3 is 2.41 bits per heavy atom. The van der Waals surface area contributed by atoms with Crippen molar-refractivity contribution in [3.8, 4) is 5.75 Å². The summed E-state index contributed by atoms with van der Waals surface area (Å²) in [5, 5.41) is 32.4. The van der Waals surface area contributed by atoms with Gasteiger partial charge in [0.15, 0.2) is 17.8 Å². The minimum atomic E-state index is -1.33. The number of carbonyl (C=O) groups is 2. The van der Waals surface area contributed by atoms with Gasteiger partial charge in [-0.15, -0.1) is 0 Å². The van der Waals surface area contributed by atoms with Crippen molar-refractivity contribution in [3.63, 3.8) is 0 Å². The quantitative estimate of drug-likeness (QED) is 0.0587. The van der Waals surface area contributed by atoms with Crippen LogP contribution in [0.25, 0.3) is 23.1 Å². The predicted molar refractivity (Wildman–Crippen MR) is 310 cm³/mol. The average molecular weight is 1090 g/mol. The van der Waals surface area contributed by atoms with Crippen LogP contribution in [0.3, 0.4) is 0 Å². The molecule has 2 saturated carbocycles. The van der Waals surface area contributed by atoms with Crippen molar-refractivity contribution in [2.24, 2.45) is 29.6 Å². The molecular formula is C70H74O11. The second kappa shape index (κ2) is 21.9. The topological polar surface area (TPSA) is 162 Å². The lowest BCUT2D eigenvalue weighted by molar-refractivity contribution is -0.208. The summed E-state index contributed by atoms with van der Waals surface area (Å²) in [6, 6.07) is 27.9. The van der Waals surface area contributed by atoms with Gasteiger partial charge in [-0.3, -0.25) is 4.79 Å². The number of hydrogen-bond donors (Lipinski definition) is 3. The van der Waals surface area contributed by atoms with E-state index in [1.165, 1.54) is 41.3 Å². The SMILES string of the molecule is COC[C@@H](CCO)c1c(CO)c2ccc3c(c2oc1=O)[C@H]1OC(=O)C[C@H]2C[C@H](c4cccc5c4C=C[C@H]4CCC[C@H]6C=Cc7ccccc7[C@]564)C=C[C@H]2c2ccc(cc2)CC/C(=C(\C)CO)C(=O)O[C@@H]1[C@@]1(CC=C[C@@H]2CCCC[C@H]21)O3. The van der Waals surface area contributed by atoms with E-state index in [1.54, 1.807) is 19.1 Å². The molecular weight excluding hydrogens is 1020 g/mol. The van der Waals surface area contributed by atoms with Gasteiger partial charge in [-0.2, -0.15) is 0 Å². The highest BCUT2D eigenvalue weighted by Crippen LogP contribution is 2.61. The zero-order valence-corrected chi connectivity index (χ0v) is 46.5. The summed E-state index contributed by atoms with van der Waals surface area (Å²) in [5.41, 5.74) is 8.16. The Hall–Kier alpha value is -6.63. The Bertz CT molecular complexity index is 3480. The van der Waals surface area contributed by atoms with Gasteiger partial charge in [0.25, 0.3) is 0 Å². The van der Waals surface area contributed by atoms with Gasteiger partial charge in [0, 0.05) is 72.2 Å². The van der Waals surface area contributed by atoms with E-state index in [9.17, 15) is 20.1 Å². The number of carbonyl (C=O) groups excluding carboxylic acids is 2. The lowest BCUT2D eigenvalue weighted by Gasteiger charge is -2.54. The van der Waals surface area contributed by atoms with Crippen LogP contribution < -0.4 is 10.4 Å². The molecule has 2 bridgehead atoms. The van der Waals surface area contributed by atoms with Crippen LogP contribution in [-0.2, 0) is 42.2 Å². The fourth-order valence-corrected chi connectivity index (χ4v) is 16.7. The summed E-state index contributed by atoms with van der Waals surface area (Å²) < 4.78 is 33.4. The number of aliphatic hydroxyl groups excluding tert-OH is 3. The molecule has 0 radical (unpaired) electrons. The predicted octanol–water partition coefficient (Wildman–Crippen LogP) is 12.3. The van der Waals surface area contributed by atoms with Crippen molar-refractivity contribution in [2.45, 2.75) is 138 Å². The molecule has 12 atom stereocenters. The van der Waals surface area contributed by atoms with Crippen LogP contribution in [0.15, 0.2) is 136 Å². The van der Waals surface area contributed by atoms with E-state index in [1.807, 2.05) is 0 Å². The molecule has 0 saturated heterocycles. The summed E-state index contributed by atoms with van der Waals surface area (Å²) in [4.78, 5) is 45.6. The minimum Gasteiger partial charge on any atom is -0.482 e. The van der Waals surface area contributed by atoms with E-state index in [4.69, 9.17) is 23.4 Å². The first-order chi connectivity index (χ1) is 39.6. The molecule has 3 N–H and O–H groups in total. The molecule has 4 heterocycles. The standard InChI is InChI=1S/C70H74O11/c1-41(38-72)51-28-21-42-19-22-43(23-20-42)52-29-25-46(53-15-8-18-59-54(53)30-27-50-14-7-13-49-26-24-45-11-4-6-17-58(45)70(49,50)59)36-48(52)37-61(74)78-65-63-60(81-69(66(65)80-67(51)75)34-9-12-44-10-3-5-16-57(44)69)32-31-55-56(39-73)62(68(76)79-64(55)63)47(33-35-71)40-77-2/h4,6,8-9,11-12,15,17-20,22-27,29-32,44,46-50,52,57,65-66,71-73H,3,5,7,10,13-14,16,21,28,33-40H2,1-2H3/b51-41-/t44-,46+,47+,48+,49-,50+,52-,57+,65+,66-,69-,70-/m0/s1. The second-order valence-corrected chi connectivity index (χ2v) is 24.4. The third-order valence-corrected chi connectivity index (χ3v) is 20.4. The Morgan fingerprint density at radius 2 is 1.60 bits per heavy atom. The molecule has 4 aromatic carbocycles. The number of methoxy groups -OCH3 is 1. The normalized spacial score (nSPS) is 31.0. The number of rotatable bonds is 8. The van der Waals surface area contributed by atoms with Crippen molar-refractivity contribution in [1.82, 2.24) is 0 Å². The second-order valence-electron chi connectivity index (χ2n) is 24.4. The molecule has 1 aromatic heterocycles. The Kier molecular flexibility index (Phi) is 14.5. The van der Waals surface area contributed by atoms with Crippen LogP contribution in [0, 0.1) is 29.6 Å². The first-order valence-electron chi connectivity index (χ1n) is 29.8. The Labute approximate surface area is 474 Å². The highest BCUT2D eigenvalue weighted by molar-refractivity contribution is 5.91. The van der Waals surface area contributed by atoms with Crippen molar-refractivity contribution in [1.29, 1.82) is 0 Å². The van der Waals surface area contributed by atoms with E-state index < -0.39 is 47.9 Å². The van der Waals surface area contributed by atoms with E-state index in [-0.39, 0.29) is 90.8 Å². The molecule has 11 heteroatoms. The fourth-order valence-electron chi connectivity index (χ4n) is 16.7. The number of ether oxygens (including phenoxy) is 4. The third-order valence-electron chi connectivity index (χ3n) is 20.4. The van der Waals surface area contributed by atoms with E-state index >= 15 is 9.59 Å². The molecule has 2 spiro atoms. The number of hydrogen-bond acceptors (Lipinski definition) is 11. The summed E-state index contributed by atoms with van der Waals surface area (Å²) in [5.74, 6) is -1.10. The molecule has 81 heavy (non-hydrogen) atoms. The van der Waals surface area contributed by atoms with E-state index in [0.29, 0.717) is 58.9 Å². The lowest BCUT2D eigenvalue weighted by atomic mass is 9.49. The van der Waals surface area contributed by atoms with Crippen LogP contribution in [0.1, 0.15) is 163 Å². The number of benzene rings is 4. The number of aryl methyl sites for hydroxylation is 1. The van der Waals surface area contributed by atoms with E-state index in [0.717, 1.165) is 49.7 Å². The molecule has 11 nitrogen and oxygen atoms in total. The van der Waals surface area contributed by atoms with Gasteiger partial charge >= 0.3 is 17.6 Å². The van der Waals surface area contributed by atoms with Crippen molar-refractivity contribution >= 4 is 35.1 Å². The highest BCUT2D eigenvalue weighted by atomic mass is 16.6. The summed E-state index contributed by atoms with van der Waals surface area (Å²) >= 11 is 0. The van der Waals surface area contributed by atoms with Gasteiger partial charge in [-0.1, -0.05) is 135 Å². The summed E-state index contributed by atoms with van der Waals surface area (Å²) in [7, 11) is 1.52. The maximum atomic E-state index is 15.8. The molecule has 6 aliphatic carbocycles. The minimum absolute atomic E-state index is 0.0199. The molecule has 9 aliphatic rings. The molecule has 420 valence electrons. The van der Waals surface area contributed by atoms with Crippen molar-refractivity contribution in [2.75, 3.05) is 26.9 Å². The number of esters is 2. The monoisotopic (exact) mass is 1090 g/mol. The molecule has 0 unspecified atom stereocenters. The van der Waals surface area contributed by atoms with Crippen LogP contribution in [0.5, 0.6) is 5.75 Å². The third kappa shape index (κ3) is 8.95. The van der Waals surface area contributed by atoms with Gasteiger partial charge in [0.2, 0.25) is 0 Å². The van der Waals surface area contributed by atoms with Crippen LogP contribution in [0.2, 0.25) is 0 Å². The van der Waals surface area contributed by atoms with Crippen LogP contribution >= 0.6 is 0 Å². The number of fused-ring (bicyclic) bond motifs is 15. The molecule has 5 aromatic rings. The number of aliphatic hydroxyl groups is 3. The van der Waals surface area contributed by atoms with Crippen LogP contribution in [-0.4, -0.2) is 65.9 Å². The smallest absolute Gasteiger partial charge is 0.340 e. The summed E-state index contributed by atoms with van der Waals surface area (Å²) in [6.07, 6.45) is 25.2. The molecule has 0 amide bonds. The zero-order chi connectivity index (χ0) is 55.6. The zero-order valence-electron chi connectivity index (χ0n) is 46.5. The average Bonchev–Trinajstić information content (AvgIpc) is 2.61. The number of allylic oxidation sites excluding steroid dienone is 5. The van der Waals surface area contributed by atoms with Gasteiger partial charge in [0.05, 0.1) is 25.4 Å². The van der Waals surface area contributed by atoms with Gasteiger partial charge in [-0.05, 0) is 144 Å². The fraction of sp³-hybridized carbons (Fsp3) is 0.443. The van der Waals surface area contributed by atoms with Crippen molar-refractivity contribution < 1.29 is 48.3 Å². The lowest BCUT2D eigenvalue weighted by Crippen LogP contribution is -2.62. The Balaban J connectivity index is 0.958. The van der Waals surface area contributed by atoms with E-state index in [2.05, 4.69) is 115 Å². The molecule has 2 fully saturated rings. The van der Waals surface area contributed by atoms with Crippen LogP contribution in [0.4, 0.5) is 0 Å². The van der Waals surface area contributed by atoms with Crippen molar-refractivity contribution in [3.05, 3.63) is 193 Å². The van der Waals surface area contributed by atoms with Gasteiger partial charge in [0.1, 0.15) is 11.3 Å². The van der Waals surface area contributed by atoms with Gasteiger partial charge in [-0.25, -0.2) is 9.59 Å². The maximum Gasteiger partial charge on any atom is 0.340 e. The van der Waals surface area contributed by atoms with Gasteiger partial charge < -0.3 is 38.7 Å². The molecule has 3 aliphatic heterocycles. The largest absolute Gasteiger partial charge is 0.482 e. The first-order valence-corrected chi connectivity index (χ1v) is 29.8. The highest BCUT2D eigenvalue weighted by Gasteiger charge is 2.61. The summed E-state index contributed by atoms with van der Waals surface area (Å²) in [6.45, 7) is 0.703. The maximum absolute atomic E-state index is 15.8. The Morgan fingerprint density at radius 1 is 0.802 bits per heavy atom. The molecule has 14 rings (SSSR count). The first kappa shape index (κ1) is 53.7.